The van der Waals surface area contributed by atoms with Crippen LogP contribution < -0.4 is 10.6 Å². The molecule has 0 aromatic carbocycles. The van der Waals surface area contributed by atoms with E-state index in [1.54, 1.807) is 10.6 Å². The lowest BCUT2D eigenvalue weighted by Crippen LogP contribution is -2.33. The first kappa shape index (κ1) is 18.7. The second-order valence-electron chi connectivity index (χ2n) is 7.39. The van der Waals surface area contributed by atoms with E-state index in [2.05, 4.69) is 31.8 Å². The molecule has 4 heterocycles. The third-order valence-corrected chi connectivity index (χ3v) is 5.36. The highest BCUT2D eigenvalue weighted by Gasteiger charge is 2.26. The zero-order valence-corrected chi connectivity index (χ0v) is 16.5. The Hall–Kier alpha value is -3.30. The molecule has 2 unspecified atom stereocenters. The standard InChI is InChI=1S/C21H22N6O3/c1-13-5-6-14(19-25-21(30-26-19)17-12-22-7-9-29-17)10-15(13)24-20(28)16-11-23-18-4-2-3-8-27(16)18/h2-5,8,10-11,14,17,22H,6-7,9,12H2,1H3,(H,24,28). The van der Waals surface area contributed by atoms with Crippen molar-refractivity contribution in [3.8, 4) is 0 Å². The van der Waals surface area contributed by atoms with Gasteiger partial charge in [0, 0.05) is 30.9 Å². The molecular formula is C21H22N6O3. The van der Waals surface area contributed by atoms with Gasteiger partial charge < -0.3 is 19.9 Å². The summed E-state index contributed by atoms with van der Waals surface area (Å²) in [6.07, 6.45) is 7.96. The number of nitrogens with one attached hydrogen (secondary N) is 2. The molecule has 1 saturated heterocycles. The smallest absolute Gasteiger partial charge is 0.274 e. The number of fused-ring (bicyclic) bond motifs is 1. The number of pyridine rings is 1. The minimum absolute atomic E-state index is 0.0831. The Labute approximate surface area is 172 Å². The van der Waals surface area contributed by atoms with Crippen molar-refractivity contribution in [1.82, 2.24) is 30.2 Å². The molecule has 9 heteroatoms. The van der Waals surface area contributed by atoms with Gasteiger partial charge >= 0.3 is 0 Å². The van der Waals surface area contributed by atoms with Crippen molar-refractivity contribution in [3.05, 3.63) is 71.4 Å². The number of aromatic nitrogens is 4. The van der Waals surface area contributed by atoms with Crippen LogP contribution in [-0.4, -0.2) is 45.1 Å². The Morgan fingerprint density at radius 3 is 3.17 bits per heavy atom. The van der Waals surface area contributed by atoms with E-state index in [0.29, 0.717) is 30.6 Å². The minimum atomic E-state index is -0.223. The molecule has 5 rings (SSSR count). The summed E-state index contributed by atoms with van der Waals surface area (Å²) < 4.78 is 12.9. The van der Waals surface area contributed by atoms with E-state index in [1.165, 1.54) is 0 Å². The van der Waals surface area contributed by atoms with E-state index in [4.69, 9.17) is 9.26 Å². The molecule has 30 heavy (non-hydrogen) atoms. The van der Waals surface area contributed by atoms with E-state index in [-0.39, 0.29) is 17.9 Å². The molecule has 0 saturated carbocycles. The van der Waals surface area contributed by atoms with Gasteiger partial charge in [0.05, 0.1) is 12.8 Å². The largest absolute Gasteiger partial charge is 0.366 e. The lowest BCUT2D eigenvalue weighted by atomic mass is 9.94. The Balaban J connectivity index is 1.35. The summed E-state index contributed by atoms with van der Waals surface area (Å²) >= 11 is 0. The van der Waals surface area contributed by atoms with Gasteiger partial charge in [0.25, 0.3) is 11.8 Å². The molecule has 2 atom stereocenters. The Kier molecular flexibility index (Phi) is 4.89. The normalized spacial score (nSPS) is 21.9. The van der Waals surface area contributed by atoms with E-state index in [0.717, 1.165) is 29.9 Å². The number of morpholine rings is 1. The number of amides is 1. The molecule has 1 aliphatic carbocycles. The van der Waals surface area contributed by atoms with Gasteiger partial charge in [-0.25, -0.2) is 4.98 Å². The fraction of sp³-hybridized carbons (Fsp3) is 0.333. The van der Waals surface area contributed by atoms with Crippen LogP contribution in [0.15, 0.2) is 58.5 Å². The molecule has 0 bridgehead atoms. The number of imidazole rings is 1. The molecule has 2 aliphatic rings. The number of carbonyl (C=O) groups excluding carboxylic acids is 1. The first-order chi connectivity index (χ1) is 14.7. The number of allylic oxidation sites excluding steroid dienone is 3. The van der Waals surface area contributed by atoms with Gasteiger partial charge in [0.15, 0.2) is 5.82 Å². The van der Waals surface area contributed by atoms with Gasteiger partial charge in [-0.05, 0) is 37.1 Å². The number of hydrogen-bond acceptors (Lipinski definition) is 7. The summed E-state index contributed by atoms with van der Waals surface area (Å²) in [6.45, 7) is 4.07. The van der Waals surface area contributed by atoms with Gasteiger partial charge in [-0.2, -0.15) is 4.98 Å². The Bertz CT molecular complexity index is 1140. The number of nitrogens with zero attached hydrogens (tertiary/aromatic N) is 4. The van der Waals surface area contributed by atoms with E-state index in [1.807, 2.05) is 37.4 Å². The fourth-order valence-electron chi connectivity index (χ4n) is 3.67. The van der Waals surface area contributed by atoms with E-state index < -0.39 is 0 Å². The Morgan fingerprint density at radius 1 is 1.37 bits per heavy atom. The molecular weight excluding hydrogens is 384 g/mol. The average molecular weight is 406 g/mol. The van der Waals surface area contributed by atoms with Crippen molar-refractivity contribution in [2.24, 2.45) is 0 Å². The van der Waals surface area contributed by atoms with Crippen molar-refractivity contribution in [1.29, 1.82) is 0 Å². The van der Waals surface area contributed by atoms with Gasteiger partial charge in [-0.15, -0.1) is 0 Å². The van der Waals surface area contributed by atoms with Crippen molar-refractivity contribution >= 4 is 11.6 Å². The van der Waals surface area contributed by atoms with Crippen LogP contribution in [0.3, 0.4) is 0 Å². The lowest BCUT2D eigenvalue weighted by Gasteiger charge is -2.20. The van der Waals surface area contributed by atoms with E-state index >= 15 is 0 Å². The summed E-state index contributed by atoms with van der Waals surface area (Å²) in [4.78, 5) is 21.7. The second-order valence-corrected chi connectivity index (χ2v) is 7.39. The van der Waals surface area contributed by atoms with Crippen LogP contribution in [0, 0.1) is 0 Å². The molecule has 3 aromatic rings. The lowest BCUT2D eigenvalue weighted by molar-refractivity contribution is 0.00755. The summed E-state index contributed by atoms with van der Waals surface area (Å²) in [5.41, 5.74) is 2.94. The summed E-state index contributed by atoms with van der Waals surface area (Å²) in [5.74, 6) is 0.765. The van der Waals surface area contributed by atoms with Crippen molar-refractivity contribution in [2.45, 2.75) is 25.4 Å². The third kappa shape index (κ3) is 3.53. The maximum atomic E-state index is 12.9. The average Bonchev–Trinajstić information content (AvgIpc) is 3.43. The molecule has 154 valence electrons. The van der Waals surface area contributed by atoms with E-state index in [9.17, 15) is 4.79 Å². The van der Waals surface area contributed by atoms with Crippen LogP contribution >= 0.6 is 0 Å². The third-order valence-electron chi connectivity index (χ3n) is 5.36. The molecule has 1 amide bonds. The first-order valence-electron chi connectivity index (χ1n) is 9.97. The maximum Gasteiger partial charge on any atom is 0.274 e. The van der Waals surface area contributed by atoms with Gasteiger partial charge in [-0.3, -0.25) is 9.20 Å². The monoisotopic (exact) mass is 406 g/mol. The highest BCUT2D eigenvalue weighted by Crippen LogP contribution is 2.29. The van der Waals surface area contributed by atoms with Crippen LogP contribution in [0.25, 0.3) is 5.65 Å². The van der Waals surface area contributed by atoms with Crippen molar-refractivity contribution in [2.75, 3.05) is 19.7 Å². The summed E-state index contributed by atoms with van der Waals surface area (Å²) in [6, 6.07) is 5.61. The van der Waals surface area contributed by atoms with Crippen LogP contribution in [-0.2, 0) is 4.74 Å². The van der Waals surface area contributed by atoms with Crippen LogP contribution in [0.1, 0.15) is 47.6 Å². The number of ether oxygens (including phenoxy) is 1. The van der Waals surface area contributed by atoms with Gasteiger partial charge in [0.2, 0.25) is 0 Å². The zero-order chi connectivity index (χ0) is 20.5. The molecule has 1 fully saturated rings. The number of hydrogen-bond donors (Lipinski definition) is 2. The number of rotatable bonds is 4. The molecule has 3 aromatic heterocycles. The summed E-state index contributed by atoms with van der Waals surface area (Å²) in [7, 11) is 0. The van der Waals surface area contributed by atoms with Gasteiger partial charge in [0.1, 0.15) is 17.4 Å². The predicted molar refractivity (Wildman–Crippen MR) is 108 cm³/mol. The van der Waals surface area contributed by atoms with Crippen molar-refractivity contribution < 1.29 is 14.1 Å². The minimum Gasteiger partial charge on any atom is -0.366 e. The molecule has 9 nitrogen and oxygen atoms in total. The summed E-state index contributed by atoms with van der Waals surface area (Å²) in [5, 5.41) is 10.4. The highest BCUT2D eigenvalue weighted by atomic mass is 16.5. The van der Waals surface area contributed by atoms with Crippen LogP contribution in [0.2, 0.25) is 0 Å². The first-order valence-corrected chi connectivity index (χ1v) is 9.97. The maximum absolute atomic E-state index is 12.9. The molecule has 0 radical (unpaired) electrons. The van der Waals surface area contributed by atoms with Crippen molar-refractivity contribution in [3.63, 3.8) is 0 Å². The molecule has 1 aliphatic heterocycles. The number of carbonyl (C=O) groups is 1. The van der Waals surface area contributed by atoms with Crippen LogP contribution in [0.5, 0.6) is 0 Å². The molecule has 2 N–H and O–H groups in total. The van der Waals surface area contributed by atoms with Gasteiger partial charge in [-0.1, -0.05) is 17.3 Å². The fourth-order valence-corrected chi connectivity index (χ4v) is 3.67. The second kappa shape index (κ2) is 7.85. The van der Waals surface area contributed by atoms with Crippen LogP contribution in [0.4, 0.5) is 0 Å². The predicted octanol–water partition coefficient (Wildman–Crippen LogP) is 2.13. The SMILES string of the molecule is CC1=CCC(c2noc(C3CNCCO3)n2)C=C1NC(=O)c1cnc2ccccn12. The highest BCUT2D eigenvalue weighted by molar-refractivity contribution is 5.94. The molecule has 0 spiro atoms. The Morgan fingerprint density at radius 2 is 2.30 bits per heavy atom. The zero-order valence-electron chi connectivity index (χ0n) is 16.5. The quantitative estimate of drug-likeness (QED) is 0.683. The topological polar surface area (TPSA) is 107 Å².